The Kier molecular flexibility index (Phi) is 5.72. The first-order valence-corrected chi connectivity index (χ1v) is 10.1. The molecule has 0 heterocycles. The van der Waals surface area contributed by atoms with Crippen molar-refractivity contribution in [3.8, 4) is 5.75 Å². The molecule has 1 aliphatic carbocycles. The number of hydrazine groups is 1. The van der Waals surface area contributed by atoms with Crippen molar-refractivity contribution in [2.45, 2.75) is 24.2 Å². The molecule has 1 aliphatic rings. The number of nitrogens with one attached hydrogen (secondary N) is 2. The Labute approximate surface area is 161 Å². The van der Waals surface area contributed by atoms with Crippen LogP contribution in [0.1, 0.15) is 17.5 Å². The van der Waals surface area contributed by atoms with Crippen LogP contribution in [0.15, 0.2) is 41.3 Å². The van der Waals surface area contributed by atoms with E-state index in [1.165, 1.54) is 23.8 Å². The maximum Gasteiger partial charge on any atom is 0.272 e. The topological polar surface area (TPSA) is 84.5 Å². The molecule has 0 aliphatic heterocycles. The first kappa shape index (κ1) is 19.0. The Morgan fingerprint density at radius 1 is 1.08 bits per heavy atom. The molecule has 26 heavy (non-hydrogen) atoms. The SMILES string of the molecule is O=C(COc1ccc(Cl)cc1Cl)NNS(=O)(=O)c1ccc2c(c1)CCC2. The van der Waals surface area contributed by atoms with Crippen molar-refractivity contribution in [2.75, 3.05) is 6.61 Å². The summed E-state index contributed by atoms with van der Waals surface area (Å²) in [7, 11) is -3.85. The Morgan fingerprint density at radius 3 is 2.62 bits per heavy atom. The van der Waals surface area contributed by atoms with Gasteiger partial charge >= 0.3 is 0 Å². The molecule has 2 aromatic carbocycles. The third-order valence-corrected chi connectivity index (χ3v) is 5.73. The minimum absolute atomic E-state index is 0.111. The van der Waals surface area contributed by atoms with E-state index in [9.17, 15) is 13.2 Å². The first-order valence-electron chi connectivity index (χ1n) is 7.85. The predicted octanol–water partition coefficient (Wildman–Crippen LogP) is 2.87. The van der Waals surface area contributed by atoms with Gasteiger partial charge in [-0.05, 0) is 60.7 Å². The quantitative estimate of drug-likeness (QED) is 0.711. The number of hydrogen-bond donors (Lipinski definition) is 2. The van der Waals surface area contributed by atoms with Crippen LogP contribution in [0.25, 0.3) is 0 Å². The Balaban J connectivity index is 1.56. The van der Waals surface area contributed by atoms with E-state index in [0.29, 0.717) is 5.02 Å². The molecule has 0 unspecified atom stereocenters. The van der Waals surface area contributed by atoms with Crippen LogP contribution in [-0.4, -0.2) is 20.9 Å². The van der Waals surface area contributed by atoms with E-state index in [4.69, 9.17) is 27.9 Å². The van der Waals surface area contributed by atoms with Crippen molar-refractivity contribution in [1.29, 1.82) is 0 Å². The standard InChI is InChI=1S/C17H16Cl2N2O4S/c18-13-5-7-16(15(19)9-13)25-10-17(22)20-21-26(23,24)14-6-4-11-2-1-3-12(11)8-14/h4-9,21H,1-3,10H2,(H,20,22). The van der Waals surface area contributed by atoms with Crippen LogP contribution in [0.3, 0.4) is 0 Å². The van der Waals surface area contributed by atoms with Gasteiger partial charge in [0.25, 0.3) is 15.9 Å². The molecule has 0 saturated heterocycles. The van der Waals surface area contributed by atoms with Gasteiger partial charge in [-0.2, -0.15) is 0 Å². The number of rotatable bonds is 6. The Bertz CT molecular complexity index is 948. The van der Waals surface area contributed by atoms with Gasteiger partial charge in [-0.1, -0.05) is 29.3 Å². The largest absolute Gasteiger partial charge is 0.482 e. The van der Waals surface area contributed by atoms with Crippen LogP contribution < -0.4 is 15.0 Å². The van der Waals surface area contributed by atoms with Gasteiger partial charge in [-0.15, -0.1) is 4.83 Å². The molecule has 0 saturated carbocycles. The van der Waals surface area contributed by atoms with Crippen LogP contribution >= 0.6 is 23.2 Å². The van der Waals surface area contributed by atoms with Gasteiger partial charge in [-0.3, -0.25) is 10.2 Å². The first-order chi connectivity index (χ1) is 12.3. The van der Waals surface area contributed by atoms with Crippen LogP contribution in [0.5, 0.6) is 5.75 Å². The van der Waals surface area contributed by atoms with Crippen LogP contribution in [0, 0.1) is 0 Å². The third kappa shape index (κ3) is 4.48. The minimum Gasteiger partial charge on any atom is -0.482 e. The summed E-state index contributed by atoms with van der Waals surface area (Å²) < 4.78 is 29.8. The highest BCUT2D eigenvalue weighted by Crippen LogP contribution is 2.27. The Morgan fingerprint density at radius 2 is 1.85 bits per heavy atom. The number of fused-ring (bicyclic) bond motifs is 1. The highest BCUT2D eigenvalue weighted by molar-refractivity contribution is 7.89. The van der Waals surface area contributed by atoms with Crippen LogP contribution in [0.4, 0.5) is 0 Å². The second-order valence-corrected chi connectivity index (χ2v) is 8.33. The van der Waals surface area contributed by atoms with Crippen molar-refractivity contribution in [3.05, 3.63) is 57.6 Å². The zero-order chi connectivity index (χ0) is 18.7. The molecule has 0 aromatic heterocycles. The van der Waals surface area contributed by atoms with E-state index in [2.05, 4.69) is 10.3 Å². The Hall–Kier alpha value is -1.80. The van der Waals surface area contributed by atoms with E-state index < -0.39 is 22.5 Å². The lowest BCUT2D eigenvalue weighted by atomic mass is 10.1. The second-order valence-electron chi connectivity index (χ2n) is 5.80. The van der Waals surface area contributed by atoms with Crippen molar-refractivity contribution >= 4 is 39.1 Å². The molecule has 0 bridgehead atoms. The molecule has 1 amide bonds. The van der Waals surface area contributed by atoms with Crippen molar-refractivity contribution in [1.82, 2.24) is 10.3 Å². The second kappa shape index (κ2) is 7.84. The maximum atomic E-state index is 12.3. The third-order valence-electron chi connectivity index (χ3n) is 3.96. The van der Waals surface area contributed by atoms with Gasteiger partial charge in [0.1, 0.15) is 5.75 Å². The zero-order valence-corrected chi connectivity index (χ0v) is 15.9. The molecule has 0 atom stereocenters. The number of carbonyl (C=O) groups excluding carboxylic acids is 1. The van der Waals surface area contributed by atoms with Crippen molar-refractivity contribution in [2.24, 2.45) is 0 Å². The predicted molar refractivity (Wildman–Crippen MR) is 98.9 cm³/mol. The molecule has 3 rings (SSSR count). The highest BCUT2D eigenvalue weighted by atomic mass is 35.5. The van der Waals surface area contributed by atoms with Crippen LogP contribution in [0.2, 0.25) is 10.0 Å². The fraction of sp³-hybridized carbons (Fsp3) is 0.235. The molecule has 2 aromatic rings. The number of halogens is 2. The van der Waals surface area contributed by atoms with E-state index in [-0.39, 0.29) is 15.7 Å². The monoisotopic (exact) mass is 414 g/mol. The summed E-state index contributed by atoms with van der Waals surface area (Å²) in [5.74, 6) is -0.395. The molecule has 138 valence electrons. The van der Waals surface area contributed by atoms with Gasteiger partial charge in [0.2, 0.25) is 0 Å². The highest BCUT2D eigenvalue weighted by Gasteiger charge is 2.19. The van der Waals surface area contributed by atoms with Crippen molar-refractivity contribution in [3.63, 3.8) is 0 Å². The average Bonchev–Trinajstić information content (AvgIpc) is 3.07. The van der Waals surface area contributed by atoms with Crippen molar-refractivity contribution < 1.29 is 17.9 Å². The molecular formula is C17H16Cl2N2O4S. The van der Waals surface area contributed by atoms with E-state index in [1.807, 2.05) is 6.07 Å². The summed E-state index contributed by atoms with van der Waals surface area (Å²) in [6, 6.07) is 9.55. The zero-order valence-electron chi connectivity index (χ0n) is 13.6. The lowest BCUT2D eigenvalue weighted by Crippen LogP contribution is -2.43. The normalized spacial score (nSPS) is 13.3. The number of benzene rings is 2. The number of sulfonamides is 1. The molecule has 0 fully saturated rings. The minimum atomic E-state index is -3.85. The summed E-state index contributed by atoms with van der Waals surface area (Å²) in [6.07, 6.45) is 2.85. The summed E-state index contributed by atoms with van der Waals surface area (Å²) in [5.41, 5.74) is 4.31. The molecule has 9 heteroatoms. The van der Waals surface area contributed by atoms with Gasteiger partial charge in [0.15, 0.2) is 6.61 Å². The lowest BCUT2D eigenvalue weighted by Gasteiger charge is -2.11. The summed E-state index contributed by atoms with van der Waals surface area (Å²) in [6.45, 7) is -0.409. The summed E-state index contributed by atoms with van der Waals surface area (Å²) in [5, 5.41) is 0.693. The van der Waals surface area contributed by atoms with E-state index >= 15 is 0 Å². The summed E-state index contributed by atoms with van der Waals surface area (Å²) in [4.78, 5) is 14.0. The molecule has 6 nitrogen and oxygen atoms in total. The smallest absolute Gasteiger partial charge is 0.272 e. The maximum absolute atomic E-state index is 12.3. The van der Waals surface area contributed by atoms with Gasteiger partial charge in [-0.25, -0.2) is 8.42 Å². The fourth-order valence-corrected chi connectivity index (χ4v) is 4.04. The number of hydrogen-bond acceptors (Lipinski definition) is 4. The lowest BCUT2D eigenvalue weighted by molar-refractivity contribution is -0.123. The van der Waals surface area contributed by atoms with E-state index in [1.54, 1.807) is 12.1 Å². The summed E-state index contributed by atoms with van der Waals surface area (Å²) >= 11 is 11.7. The number of aryl methyl sites for hydroxylation is 2. The number of carbonyl (C=O) groups is 1. The van der Waals surface area contributed by atoms with Gasteiger partial charge in [0.05, 0.1) is 9.92 Å². The van der Waals surface area contributed by atoms with Crippen LogP contribution in [-0.2, 0) is 27.7 Å². The molecular weight excluding hydrogens is 399 g/mol. The molecule has 0 radical (unpaired) electrons. The van der Waals surface area contributed by atoms with Gasteiger partial charge in [0, 0.05) is 5.02 Å². The molecule has 2 N–H and O–H groups in total. The van der Waals surface area contributed by atoms with Gasteiger partial charge < -0.3 is 4.74 Å². The average molecular weight is 415 g/mol. The number of ether oxygens (including phenoxy) is 1. The fourth-order valence-electron chi connectivity index (χ4n) is 2.67. The number of amides is 1. The molecule has 0 spiro atoms. The van der Waals surface area contributed by atoms with E-state index in [0.717, 1.165) is 24.8 Å².